The Morgan fingerprint density at radius 2 is 1.67 bits per heavy atom. The third kappa shape index (κ3) is 5.17. The van der Waals surface area contributed by atoms with Crippen LogP contribution in [-0.4, -0.2) is 57.0 Å². The van der Waals surface area contributed by atoms with Crippen LogP contribution in [0, 0.1) is 0 Å². The monoisotopic (exact) mass is 390 g/mol. The van der Waals surface area contributed by atoms with Gasteiger partial charge in [-0.1, -0.05) is 30.3 Å². The first-order valence-electron chi connectivity index (χ1n) is 9.37. The molecule has 1 aliphatic heterocycles. The third-order valence-electron chi connectivity index (χ3n) is 4.94. The quantitative estimate of drug-likeness (QED) is 0.663. The first-order valence-corrected chi connectivity index (χ1v) is 10.1. The van der Waals surface area contributed by atoms with Gasteiger partial charge in [0.2, 0.25) is 5.91 Å². The zero-order chi connectivity index (χ0) is 19.2. The maximum atomic E-state index is 12.5. The van der Waals surface area contributed by atoms with E-state index in [9.17, 15) is 14.4 Å². The molecular formula is C19H26N4O3S. The van der Waals surface area contributed by atoms with E-state index in [-0.39, 0.29) is 16.5 Å². The van der Waals surface area contributed by atoms with Crippen LogP contribution in [0.25, 0.3) is 0 Å². The van der Waals surface area contributed by atoms with Crippen LogP contribution in [0.3, 0.4) is 0 Å². The van der Waals surface area contributed by atoms with Crippen molar-refractivity contribution in [2.45, 2.75) is 32.9 Å². The molecule has 146 valence electrons. The van der Waals surface area contributed by atoms with Gasteiger partial charge >= 0.3 is 10.6 Å². The highest BCUT2D eigenvalue weighted by molar-refractivity contribution is 7.03. The molecule has 0 bridgehead atoms. The fourth-order valence-electron chi connectivity index (χ4n) is 3.31. The van der Waals surface area contributed by atoms with Gasteiger partial charge in [0.15, 0.2) is 0 Å². The SMILES string of the molecule is CC(=O)N1CCN(CCCCn2sc(=O)n(Cc3ccccc3)c2=O)CC1. The molecule has 1 amide bonds. The molecule has 8 heteroatoms. The number of unbranched alkanes of at least 4 members (excludes halogenated alkanes) is 1. The lowest BCUT2D eigenvalue weighted by molar-refractivity contribution is -0.130. The van der Waals surface area contributed by atoms with Crippen molar-refractivity contribution >= 4 is 17.4 Å². The predicted octanol–water partition coefficient (Wildman–Crippen LogP) is 1.06. The maximum absolute atomic E-state index is 12.5. The summed E-state index contributed by atoms with van der Waals surface area (Å²) in [4.78, 5) is 40.0. The molecule has 0 saturated carbocycles. The molecule has 0 spiro atoms. The smallest absolute Gasteiger partial charge is 0.340 e. The molecule has 1 fully saturated rings. The van der Waals surface area contributed by atoms with Gasteiger partial charge in [-0.2, -0.15) is 0 Å². The average Bonchev–Trinajstić information content (AvgIpc) is 2.94. The molecule has 1 aromatic heterocycles. The van der Waals surface area contributed by atoms with Crippen molar-refractivity contribution in [1.82, 2.24) is 18.3 Å². The molecule has 7 nitrogen and oxygen atoms in total. The number of hydrogen-bond acceptors (Lipinski definition) is 5. The Morgan fingerprint density at radius 3 is 2.33 bits per heavy atom. The van der Waals surface area contributed by atoms with Gasteiger partial charge < -0.3 is 4.90 Å². The number of piperazine rings is 1. The van der Waals surface area contributed by atoms with Crippen molar-refractivity contribution < 1.29 is 4.79 Å². The number of carbonyl (C=O) groups is 1. The number of benzene rings is 1. The number of carbonyl (C=O) groups excluding carboxylic acids is 1. The van der Waals surface area contributed by atoms with E-state index in [0.717, 1.165) is 62.7 Å². The largest absolute Gasteiger partial charge is 0.341 e. The highest BCUT2D eigenvalue weighted by Gasteiger charge is 2.18. The summed E-state index contributed by atoms with van der Waals surface area (Å²) in [5.74, 6) is 0.143. The number of rotatable bonds is 7. The standard InChI is InChI=1S/C19H26N4O3S/c1-16(24)21-13-11-20(12-14-21)9-5-6-10-23-18(25)22(19(26)27-23)15-17-7-3-2-4-8-17/h2-4,7-8H,5-6,9-15H2,1H3. The van der Waals surface area contributed by atoms with E-state index in [1.165, 1.54) is 4.57 Å². The average molecular weight is 391 g/mol. The Kier molecular flexibility index (Phi) is 6.63. The minimum absolute atomic E-state index is 0.143. The van der Waals surface area contributed by atoms with Gasteiger partial charge in [0.05, 0.1) is 6.54 Å². The predicted molar refractivity (Wildman–Crippen MR) is 106 cm³/mol. The maximum Gasteiger partial charge on any atom is 0.341 e. The van der Waals surface area contributed by atoms with Crippen molar-refractivity contribution in [2.75, 3.05) is 32.7 Å². The summed E-state index contributed by atoms with van der Waals surface area (Å²) in [6.45, 7) is 6.86. The van der Waals surface area contributed by atoms with Crippen LogP contribution in [0.5, 0.6) is 0 Å². The van der Waals surface area contributed by atoms with Crippen molar-refractivity contribution in [2.24, 2.45) is 0 Å². The lowest BCUT2D eigenvalue weighted by Gasteiger charge is -2.34. The second kappa shape index (κ2) is 9.14. The molecule has 3 rings (SSSR count). The summed E-state index contributed by atoms with van der Waals surface area (Å²) in [6.07, 6.45) is 1.83. The van der Waals surface area contributed by atoms with Gasteiger partial charge in [-0.25, -0.2) is 13.3 Å². The summed E-state index contributed by atoms with van der Waals surface area (Å²) in [7, 11) is 0. The summed E-state index contributed by atoms with van der Waals surface area (Å²) >= 11 is 1.00. The molecule has 1 saturated heterocycles. The number of hydrogen-bond donors (Lipinski definition) is 0. The lowest BCUT2D eigenvalue weighted by atomic mass is 10.2. The van der Waals surface area contributed by atoms with Crippen LogP contribution >= 0.6 is 11.5 Å². The molecule has 27 heavy (non-hydrogen) atoms. The highest BCUT2D eigenvalue weighted by atomic mass is 32.1. The van der Waals surface area contributed by atoms with Gasteiger partial charge in [0.25, 0.3) is 0 Å². The Morgan fingerprint density at radius 1 is 1.00 bits per heavy atom. The molecule has 1 aromatic carbocycles. The Hall–Kier alpha value is -2.19. The molecule has 1 aliphatic rings. The summed E-state index contributed by atoms with van der Waals surface area (Å²) in [5.41, 5.74) is 0.732. The van der Waals surface area contributed by atoms with Gasteiger partial charge in [-0.05, 0) is 24.9 Å². The molecule has 2 heterocycles. The Bertz CT molecular complexity index is 863. The van der Waals surface area contributed by atoms with Crippen molar-refractivity contribution in [3.8, 4) is 0 Å². The highest BCUT2D eigenvalue weighted by Crippen LogP contribution is 2.05. The summed E-state index contributed by atoms with van der Waals surface area (Å²) in [6, 6.07) is 9.56. The topological polar surface area (TPSA) is 67.6 Å². The summed E-state index contributed by atoms with van der Waals surface area (Å²) in [5, 5.41) is 0. The van der Waals surface area contributed by atoms with Crippen LogP contribution < -0.4 is 10.6 Å². The fraction of sp³-hybridized carbons (Fsp3) is 0.526. The third-order valence-corrected chi connectivity index (χ3v) is 5.88. The zero-order valence-electron chi connectivity index (χ0n) is 15.7. The Balaban J connectivity index is 1.47. The molecular weight excluding hydrogens is 364 g/mol. The fourth-order valence-corrected chi connectivity index (χ4v) is 4.14. The van der Waals surface area contributed by atoms with Crippen LogP contribution in [0.15, 0.2) is 39.9 Å². The molecule has 0 N–H and O–H groups in total. The van der Waals surface area contributed by atoms with E-state index in [4.69, 9.17) is 0 Å². The number of aromatic nitrogens is 2. The molecule has 2 aromatic rings. The Labute approximate surface area is 162 Å². The first kappa shape index (κ1) is 19.6. The van der Waals surface area contributed by atoms with Gasteiger partial charge in [0.1, 0.15) is 0 Å². The molecule has 0 aliphatic carbocycles. The second-order valence-corrected chi connectivity index (χ2v) is 7.84. The number of nitrogens with zero attached hydrogens (tertiary/aromatic N) is 4. The van der Waals surface area contributed by atoms with Crippen LogP contribution in [-0.2, 0) is 17.9 Å². The number of amides is 1. The van der Waals surface area contributed by atoms with Gasteiger partial charge in [0, 0.05) is 51.2 Å². The van der Waals surface area contributed by atoms with E-state index in [1.54, 1.807) is 10.9 Å². The lowest BCUT2D eigenvalue weighted by Crippen LogP contribution is -2.48. The normalized spacial score (nSPS) is 15.2. The van der Waals surface area contributed by atoms with Gasteiger partial charge in [-0.3, -0.25) is 14.5 Å². The van der Waals surface area contributed by atoms with Crippen LogP contribution in [0.1, 0.15) is 25.3 Å². The molecule has 0 atom stereocenters. The molecule has 0 unspecified atom stereocenters. The van der Waals surface area contributed by atoms with E-state index in [1.807, 2.05) is 35.2 Å². The van der Waals surface area contributed by atoms with E-state index in [0.29, 0.717) is 13.1 Å². The molecule has 0 radical (unpaired) electrons. The minimum Gasteiger partial charge on any atom is -0.340 e. The second-order valence-electron chi connectivity index (χ2n) is 6.87. The zero-order valence-corrected chi connectivity index (χ0v) is 16.5. The number of aryl methyl sites for hydroxylation is 1. The first-order chi connectivity index (χ1) is 13.0. The summed E-state index contributed by atoms with van der Waals surface area (Å²) < 4.78 is 2.87. The van der Waals surface area contributed by atoms with Gasteiger partial charge in [-0.15, -0.1) is 0 Å². The van der Waals surface area contributed by atoms with Crippen LogP contribution in [0.4, 0.5) is 0 Å². The van der Waals surface area contributed by atoms with E-state index >= 15 is 0 Å². The van der Waals surface area contributed by atoms with E-state index < -0.39 is 0 Å². The van der Waals surface area contributed by atoms with Crippen LogP contribution in [0.2, 0.25) is 0 Å². The van der Waals surface area contributed by atoms with Crippen molar-refractivity contribution in [3.05, 3.63) is 56.0 Å². The van der Waals surface area contributed by atoms with Crippen molar-refractivity contribution in [3.63, 3.8) is 0 Å². The minimum atomic E-state index is -0.219. The van der Waals surface area contributed by atoms with Crippen molar-refractivity contribution in [1.29, 1.82) is 0 Å². The van der Waals surface area contributed by atoms with E-state index in [2.05, 4.69) is 4.90 Å².